The summed E-state index contributed by atoms with van der Waals surface area (Å²) in [6.45, 7) is 0.314. The number of nitrogens with one attached hydrogen (secondary N) is 1. The Morgan fingerprint density at radius 2 is 2.05 bits per heavy atom. The standard InChI is InChI=1S/C15H13ClFNO2/c1-20-15(19)12-8-11(6-7-13(12)16)18-9-10-4-2-3-5-14(10)17/h2-8,18H,9H2,1H3. The number of benzene rings is 2. The van der Waals surface area contributed by atoms with Crippen molar-refractivity contribution in [2.45, 2.75) is 6.54 Å². The van der Waals surface area contributed by atoms with Gasteiger partial charge in [0.25, 0.3) is 0 Å². The van der Waals surface area contributed by atoms with Gasteiger partial charge in [0, 0.05) is 17.8 Å². The molecule has 0 unspecified atom stereocenters. The third-order valence-corrected chi connectivity index (χ3v) is 3.14. The van der Waals surface area contributed by atoms with E-state index in [0.29, 0.717) is 22.8 Å². The van der Waals surface area contributed by atoms with Crippen LogP contribution in [0.15, 0.2) is 42.5 Å². The average molecular weight is 294 g/mol. The van der Waals surface area contributed by atoms with Crippen molar-refractivity contribution in [1.82, 2.24) is 0 Å². The van der Waals surface area contributed by atoms with Crippen LogP contribution in [0.3, 0.4) is 0 Å². The van der Waals surface area contributed by atoms with E-state index in [0.717, 1.165) is 0 Å². The molecule has 0 radical (unpaired) electrons. The largest absolute Gasteiger partial charge is 0.465 e. The van der Waals surface area contributed by atoms with E-state index in [1.165, 1.54) is 13.2 Å². The number of anilines is 1. The van der Waals surface area contributed by atoms with Crippen molar-refractivity contribution in [3.63, 3.8) is 0 Å². The van der Waals surface area contributed by atoms with Gasteiger partial charge < -0.3 is 10.1 Å². The number of hydrogen-bond donors (Lipinski definition) is 1. The summed E-state index contributed by atoms with van der Waals surface area (Å²) < 4.78 is 18.1. The molecular weight excluding hydrogens is 281 g/mol. The first-order chi connectivity index (χ1) is 9.61. The highest BCUT2D eigenvalue weighted by atomic mass is 35.5. The SMILES string of the molecule is COC(=O)c1cc(NCc2ccccc2F)ccc1Cl. The van der Waals surface area contributed by atoms with E-state index in [4.69, 9.17) is 11.6 Å². The number of esters is 1. The molecule has 3 nitrogen and oxygen atoms in total. The Balaban J connectivity index is 2.14. The Bertz CT molecular complexity index is 631. The van der Waals surface area contributed by atoms with Gasteiger partial charge in [-0.15, -0.1) is 0 Å². The van der Waals surface area contributed by atoms with Gasteiger partial charge in [-0.25, -0.2) is 9.18 Å². The normalized spacial score (nSPS) is 10.2. The van der Waals surface area contributed by atoms with Crippen LogP contribution in [-0.4, -0.2) is 13.1 Å². The van der Waals surface area contributed by atoms with Crippen molar-refractivity contribution >= 4 is 23.3 Å². The Kier molecular flexibility index (Phi) is 4.58. The van der Waals surface area contributed by atoms with Gasteiger partial charge in [-0.1, -0.05) is 29.8 Å². The van der Waals surface area contributed by atoms with E-state index in [-0.39, 0.29) is 11.4 Å². The fourth-order valence-corrected chi connectivity index (χ4v) is 1.94. The third-order valence-electron chi connectivity index (χ3n) is 2.81. The van der Waals surface area contributed by atoms with Crippen molar-refractivity contribution in [2.75, 3.05) is 12.4 Å². The Morgan fingerprint density at radius 3 is 2.75 bits per heavy atom. The van der Waals surface area contributed by atoms with E-state index in [2.05, 4.69) is 10.1 Å². The minimum absolute atomic E-state index is 0.271. The maximum absolute atomic E-state index is 13.5. The van der Waals surface area contributed by atoms with Crippen LogP contribution in [0.2, 0.25) is 5.02 Å². The summed E-state index contributed by atoms with van der Waals surface area (Å²) in [7, 11) is 1.29. The molecule has 0 aliphatic carbocycles. The Hall–Kier alpha value is -2.07. The van der Waals surface area contributed by atoms with Gasteiger partial charge in [0.05, 0.1) is 17.7 Å². The molecule has 0 atom stereocenters. The van der Waals surface area contributed by atoms with Crippen LogP contribution < -0.4 is 5.32 Å². The van der Waals surface area contributed by atoms with E-state index in [9.17, 15) is 9.18 Å². The van der Waals surface area contributed by atoms with Crippen LogP contribution in [0.25, 0.3) is 0 Å². The number of methoxy groups -OCH3 is 1. The van der Waals surface area contributed by atoms with Gasteiger partial charge in [0.15, 0.2) is 0 Å². The van der Waals surface area contributed by atoms with Gasteiger partial charge >= 0.3 is 5.97 Å². The highest BCUT2D eigenvalue weighted by Crippen LogP contribution is 2.22. The fraction of sp³-hybridized carbons (Fsp3) is 0.133. The molecule has 0 aliphatic rings. The molecule has 0 saturated heterocycles. The molecule has 0 saturated carbocycles. The molecule has 0 aliphatic heterocycles. The Morgan fingerprint density at radius 1 is 1.30 bits per heavy atom. The van der Waals surface area contributed by atoms with Crippen molar-refractivity contribution in [2.24, 2.45) is 0 Å². The van der Waals surface area contributed by atoms with Gasteiger partial charge in [-0.3, -0.25) is 0 Å². The lowest BCUT2D eigenvalue weighted by atomic mass is 10.1. The second-order valence-electron chi connectivity index (χ2n) is 4.13. The molecule has 0 bridgehead atoms. The van der Waals surface area contributed by atoms with Crippen molar-refractivity contribution in [1.29, 1.82) is 0 Å². The molecule has 2 aromatic rings. The van der Waals surface area contributed by atoms with Crippen LogP contribution in [0.5, 0.6) is 0 Å². The molecule has 5 heteroatoms. The van der Waals surface area contributed by atoms with Gasteiger partial charge in [-0.05, 0) is 24.3 Å². The summed E-state index contributed by atoms with van der Waals surface area (Å²) in [6, 6.07) is 11.4. The van der Waals surface area contributed by atoms with Gasteiger partial charge in [-0.2, -0.15) is 0 Å². The number of carbonyl (C=O) groups is 1. The monoisotopic (exact) mass is 293 g/mol. The summed E-state index contributed by atoms with van der Waals surface area (Å²) in [5.74, 6) is -0.785. The average Bonchev–Trinajstić information content (AvgIpc) is 2.47. The van der Waals surface area contributed by atoms with E-state index in [1.807, 2.05) is 0 Å². The first kappa shape index (κ1) is 14.3. The molecule has 2 aromatic carbocycles. The molecule has 20 heavy (non-hydrogen) atoms. The zero-order valence-corrected chi connectivity index (χ0v) is 11.6. The quantitative estimate of drug-likeness (QED) is 0.870. The topological polar surface area (TPSA) is 38.3 Å². The highest BCUT2D eigenvalue weighted by Gasteiger charge is 2.11. The predicted octanol–water partition coefficient (Wildman–Crippen LogP) is 3.88. The predicted molar refractivity (Wildman–Crippen MR) is 76.5 cm³/mol. The number of ether oxygens (including phenoxy) is 1. The first-order valence-corrected chi connectivity index (χ1v) is 6.34. The van der Waals surface area contributed by atoms with Crippen molar-refractivity contribution < 1.29 is 13.9 Å². The van der Waals surface area contributed by atoms with Gasteiger partial charge in [0.1, 0.15) is 5.82 Å². The highest BCUT2D eigenvalue weighted by molar-refractivity contribution is 6.33. The fourth-order valence-electron chi connectivity index (χ4n) is 1.74. The lowest BCUT2D eigenvalue weighted by Crippen LogP contribution is -2.05. The molecular formula is C15H13ClFNO2. The van der Waals surface area contributed by atoms with Crippen LogP contribution >= 0.6 is 11.6 Å². The van der Waals surface area contributed by atoms with Crippen molar-refractivity contribution in [3.05, 3.63) is 64.4 Å². The minimum atomic E-state index is -0.510. The molecule has 0 heterocycles. The molecule has 104 valence electrons. The number of halogens is 2. The zero-order chi connectivity index (χ0) is 14.5. The van der Waals surface area contributed by atoms with Gasteiger partial charge in [0.2, 0.25) is 0 Å². The maximum atomic E-state index is 13.5. The number of hydrogen-bond acceptors (Lipinski definition) is 3. The lowest BCUT2D eigenvalue weighted by Gasteiger charge is -2.09. The molecule has 0 aromatic heterocycles. The maximum Gasteiger partial charge on any atom is 0.339 e. The zero-order valence-electron chi connectivity index (χ0n) is 10.8. The van der Waals surface area contributed by atoms with Crippen LogP contribution in [0.4, 0.5) is 10.1 Å². The van der Waals surface area contributed by atoms with E-state index in [1.54, 1.807) is 36.4 Å². The molecule has 1 N–H and O–H groups in total. The van der Waals surface area contributed by atoms with Crippen molar-refractivity contribution in [3.8, 4) is 0 Å². The summed E-state index contributed by atoms with van der Waals surface area (Å²) in [5.41, 5.74) is 1.48. The van der Waals surface area contributed by atoms with E-state index < -0.39 is 5.97 Å². The Labute approximate surface area is 121 Å². The summed E-state index contributed by atoms with van der Waals surface area (Å²) in [5, 5.41) is 3.36. The lowest BCUT2D eigenvalue weighted by molar-refractivity contribution is 0.0601. The smallest absolute Gasteiger partial charge is 0.339 e. The molecule has 0 fully saturated rings. The molecule has 0 spiro atoms. The first-order valence-electron chi connectivity index (χ1n) is 5.97. The van der Waals surface area contributed by atoms with E-state index >= 15 is 0 Å². The summed E-state index contributed by atoms with van der Waals surface area (Å²) >= 11 is 5.92. The molecule has 0 amide bonds. The minimum Gasteiger partial charge on any atom is -0.465 e. The second kappa shape index (κ2) is 6.39. The number of carbonyl (C=O) groups excluding carboxylic acids is 1. The van der Waals surface area contributed by atoms with Crippen LogP contribution in [0, 0.1) is 5.82 Å². The second-order valence-corrected chi connectivity index (χ2v) is 4.54. The third kappa shape index (κ3) is 3.27. The summed E-state index contributed by atoms with van der Waals surface area (Å²) in [4.78, 5) is 11.5. The van der Waals surface area contributed by atoms with Crippen LogP contribution in [0.1, 0.15) is 15.9 Å². The van der Waals surface area contributed by atoms with Crippen LogP contribution in [-0.2, 0) is 11.3 Å². The molecule has 2 rings (SSSR count). The summed E-state index contributed by atoms with van der Waals surface area (Å²) in [6.07, 6.45) is 0. The number of rotatable bonds is 4.